The molecule has 4 rings (SSSR count). The van der Waals surface area contributed by atoms with Crippen LogP contribution in [-0.4, -0.2) is 26.5 Å². The van der Waals surface area contributed by atoms with Crippen molar-refractivity contribution < 1.29 is 9.59 Å². The maximum Gasteiger partial charge on any atom is 0.323 e. The predicted molar refractivity (Wildman–Crippen MR) is 115 cm³/mol. The first-order valence-electron chi connectivity index (χ1n) is 9.16. The molecule has 4 aromatic rings. The number of anilines is 3. The molecule has 2 heterocycles. The number of nitrogens with one attached hydrogen (secondary N) is 3. The third-order valence-electron chi connectivity index (χ3n) is 4.19. The van der Waals surface area contributed by atoms with Crippen molar-refractivity contribution in [2.45, 2.75) is 0 Å². The summed E-state index contributed by atoms with van der Waals surface area (Å²) in [5.74, 6) is 0.366. The lowest BCUT2D eigenvalue weighted by Gasteiger charge is -2.10. The van der Waals surface area contributed by atoms with Crippen molar-refractivity contribution in [1.29, 1.82) is 0 Å². The van der Waals surface area contributed by atoms with Crippen molar-refractivity contribution in [2.75, 3.05) is 16.0 Å². The van der Waals surface area contributed by atoms with Crippen LogP contribution in [0, 0.1) is 0 Å². The SMILES string of the molecule is O=C(Nc1ccccc1)Nc1cccc(NC(=O)c2ccc(-n3ccnc3)nc2)c1. The third kappa shape index (κ3) is 4.68. The average molecular weight is 398 g/mol. The van der Waals surface area contributed by atoms with E-state index in [-0.39, 0.29) is 11.9 Å². The number of carbonyl (C=O) groups is 2. The molecule has 2 aromatic carbocycles. The van der Waals surface area contributed by atoms with E-state index in [9.17, 15) is 9.59 Å². The van der Waals surface area contributed by atoms with Crippen LogP contribution in [-0.2, 0) is 0 Å². The second kappa shape index (κ2) is 8.70. The molecule has 2 aromatic heterocycles. The number of nitrogens with zero attached hydrogens (tertiary/aromatic N) is 3. The summed E-state index contributed by atoms with van der Waals surface area (Å²) in [6.07, 6.45) is 6.56. The molecule has 0 bridgehead atoms. The highest BCUT2D eigenvalue weighted by molar-refractivity contribution is 6.05. The van der Waals surface area contributed by atoms with Crippen molar-refractivity contribution in [2.24, 2.45) is 0 Å². The zero-order valence-corrected chi connectivity index (χ0v) is 15.8. The predicted octanol–water partition coefficient (Wildman–Crippen LogP) is 4.16. The van der Waals surface area contributed by atoms with Gasteiger partial charge in [0.1, 0.15) is 12.1 Å². The number of pyridine rings is 1. The van der Waals surface area contributed by atoms with Crippen LogP contribution in [0.25, 0.3) is 5.82 Å². The molecule has 0 unspecified atom stereocenters. The minimum Gasteiger partial charge on any atom is -0.322 e. The molecule has 0 radical (unpaired) electrons. The number of carbonyl (C=O) groups excluding carboxylic acids is 2. The van der Waals surface area contributed by atoms with Crippen molar-refractivity contribution in [1.82, 2.24) is 14.5 Å². The van der Waals surface area contributed by atoms with E-state index in [4.69, 9.17) is 0 Å². The van der Waals surface area contributed by atoms with Crippen LogP contribution in [0.3, 0.4) is 0 Å². The quantitative estimate of drug-likeness (QED) is 0.470. The van der Waals surface area contributed by atoms with Crippen molar-refractivity contribution in [3.05, 3.63) is 97.2 Å². The Hall–Kier alpha value is -4.46. The molecule has 30 heavy (non-hydrogen) atoms. The molecule has 0 aliphatic carbocycles. The fourth-order valence-electron chi connectivity index (χ4n) is 2.76. The van der Waals surface area contributed by atoms with Gasteiger partial charge >= 0.3 is 6.03 Å². The molecule has 0 saturated carbocycles. The van der Waals surface area contributed by atoms with Gasteiger partial charge in [0.15, 0.2) is 0 Å². The van der Waals surface area contributed by atoms with E-state index >= 15 is 0 Å². The van der Waals surface area contributed by atoms with Crippen LogP contribution in [0.2, 0.25) is 0 Å². The summed E-state index contributed by atoms with van der Waals surface area (Å²) in [6, 6.07) is 19.1. The molecule has 0 spiro atoms. The molecule has 0 aliphatic heterocycles. The molecular formula is C22H18N6O2. The smallest absolute Gasteiger partial charge is 0.322 e. The summed E-state index contributed by atoms with van der Waals surface area (Å²) < 4.78 is 1.75. The maximum atomic E-state index is 12.5. The monoisotopic (exact) mass is 398 g/mol. The number of para-hydroxylation sites is 1. The summed E-state index contributed by atoms with van der Waals surface area (Å²) in [5, 5.41) is 8.29. The van der Waals surface area contributed by atoms with Crippen molar-refractivity contribution in [3.63, 3.8) is 0 Å². The van der Waals surface area contributed by atoms with Crippen LogP contribution < -0.4 is 16.0 Å². The fraction of sp³-hybridized carbons (Fsp3) is 0. The zero-order valence-electron chi connectivity index (χ0n) is 15.8. The summed E-state index contributed by atoms with van der Waals surface area (Å²) in [7, 11) is 0. The van der Waals surface area contributed by atoms with Crippen molar-refractivity contribution in [3.8, 4) is 5.82 Å². The number of rotatable bonds is 5. The third-order valence-corrected chi connectivity index (χ3v) is 4.19. The first-order valence-corrected chi connectivity index (χ1v) is 9.16. The molecule has 8 heteroatoms. The number of hydrogen-bond acceptors (Lipinski definition) is 4. The molecule has 3 amide bonds. The van der Waals surface area contributed by atoms with Crippen LogP contribution in [0.5, 0.6) is 0 Å². The Morgan fingerprint density at radius 3 is 2.23 bits per heavy atom. The lowest BCUT2D eigenvalue weighted by molar-refractivity contribution is 0.102. The van der Waals surface area contributed by atoms with E-state index in [1.807, 2.05) is 18.2 Å². The van der Waals surface area contributed by atoms with E-state index in [1.165, 1.54) is 6.20 Å². The Morgan fingerprint density at radius 2 is 1.53 bits per heavy atom. The van der Waals surface area contributed by atoms with Crippen LogP contribution in [0.4, 0.5) is 21.9 Å². The second-order valence-electron chi connectivity index (χ2n) is 6.36. The van der Waals surface area contributed by atoms with E-state index < -0.39 is 0 Å². The normalized spacial score (nSPS) is 10.3. The Morgan fingerprint density at radius 1 is 0.800 bits per heavy atom. The van der Waals surface area contributed by atoms with Crippen LogP contribution >= 0.6 is 0 Å². The summed E-state index contributed by atoms with van der Waals surface area (Å²) in [6.45, 7) is 0. The second-order valence-corrected chi connectivity index (χ2v) is 6.36. The standard InChI is InChI=1S/C22H18N6O2/c29-21(16-9-10-20(24-14-16)28-12-11-23-15-28)25-18-7-4-8-19(13-18)27-22(30)26-17-5-2-1-3-6-17/h1-15H,(H,25,29)(H2,26,27,30). The number of urea groups is 1. The van der Waals surface area contributed by atoms with Gasteiger partial charge in [-0.2, -0.15) is 0 Å². The first-order chi connectivity index (χ1) is 14.7. The number of imidazole rings is 1. The highest BCUT2D eigenvalue weighted by Gasteiger charge is 2.09. The minimum atomic E-state index is -0.371. The number of aromatic nitrogens is 3. The lowest BCUT2D eigenvalue weighted by atomic mass is 10.2. The Labute approximate surface area is 172 Å². The van der Waals surface area contributed by atoms with E-state index in [0.29, 0.717) is 28.4 Å². The summed E-state index contributed by atoms with van der Waals surface area (Å²) in [5.41, 5.74) is 2.20. The Balaban J connectivity index is 1.39. The van der Waals surface area contributed by atoms with Gasteiger partial charge in [0.25, 0.3) is 5.91 Å². The van der Waals surface area contributed by atoms with E-state index in [2.05, 4.69) is 25.9 Å². The molecule has 148 valence electrons. The Kier molecular flexibility index (Phi) is 5.47. The molecule has 0 atom stereocenters. The van der Waals surface area contributed by atoms with Gasteiger partial charge in [-0.1, -0.05) is 24.3 Å². The highest BCUT2D eigenvalue weighted by Crippen LogP contribution is 2.17. The molecule has 3 N–H and O–H groups in total. The largest absolute Gasteiger partial charge is 0.323 e. The maximum absolute atomic E-state index is 12.5. The van der Waals surface area contributed by atoms with E-state index in [0.717, 1.165) is 0 Å². The van der Waals surface area contributed by atoms with Gasteiger partial charge in [0.2, 0.25) is 0 Å². The average Bonchev–Trinajstić information content (AvgIpc) is 3.30. The van der Waals surface area contributed by atoms with Gasteiger partial charge in [-0.15, -0.1) is 0 Å². The van der Waals surface area contributed by atoms with Gasteiger partial charge in [-0.3, -0.25) is 9.36 Å². The lowest BCUT2D eigenvalue weighted by Crippen LogP contribution is -2.19. The Bertz CT molecular complexity index is 1140. The first kappa shape index (κ1) is 18.9. The van der Waals surface area contributed by atoms with E-state index in [1.54, 1.807) is 71.8 Å². The van der Waals surface area contributed by atoms with Gasteiger partial charge in [0.05, 0.1) is 5.56 Å². The number of benzene rings is 2. The van der Waals surface area contributed by atoms with Crippen LogP contribution in [0.15, 0.2) is 91.6 Å². The fourth-order valence-corrected chi connectivity index (χ4v) is 2.76. The summed E-state index contributed by atoms with van der Waals surface area (Å²) in [4.78, 5) is 32.9. The zero-order chi connectivity index (χ0) is 20.8. The topological polar surface area (TPSA) is 101 Å². The number of amides is 3. The molecular weight excluding hydrogens is 380 g/mol. The molecule has 8 nitrogen and oxygen atoms in total. The molecule has 0 saturated heterocycles. The van der Waals surface area contributed by atoms with Crippen LogP contribution in [0.1, 0.15) is 10.4 Å². The van der Waals surface area contributed by atoms with Crippen molar-refractivity contribution >= 4 is 29.0 Å². The van der Waals surface area contributed by atoms with Gasteiger partial charge < -0.3 is 16.0 Å². The molecule has 0 aliphatic rings. The minimum absolute atomic E-state index is 0.300. The number of hydrogen-bond donors (Lipinski definition) is 3. The van der Waals surface area contributed by atoms with Gasteiger partial charge in [0, 0.05) is 35.7 Å². The molecule has 0 fully saturated rings. The summed E-state index contributed by atoms with van der Waals surface area (Å²) >= 11 is 0. The highest BCUT2D eigenvalue weighted by atomic mass is 16.2. The van der Waals surface area contributed by atoms with Gasteiger partial charge in [-0.25, -0.2) is 14.8 Å². The van der Waals surface area contributed by atoms with Gasteiger partial charge in [-0.05, 0) is 42.5 Å².